The number of hydrogen-bond donors (Lipinski definition) is 2. The summed E-state index contributed by atoms with van der Waals surface area (Å²) in [4.78, 5) is 0.671. The number of thiocyanates is 1. The summed E-state index contributed by atoms with van der Waals surface area (Å²) in [5.74, 6) is 0.351. The molecule has 1 aromatic carbocycles. The molecule has 4 nitrogen and oxygen atoms in total. The van der Waals surface area contributed by atoms with Crippen LogP contribution in [0, 0.1) is 10.7 Å². The molecule has 6 heteroatoms. The van der Waals surface area contributed by atoms with Gasteiger partial charge in [0.15, 0.2) is 5.82 Å². The minimum absolute atomic E-state index is 0.351. The molecule has 2 aromatic rings. The lowest BCUT2D eigenvalue weighted by Gasteiger charge is -2.00. The van der Waals surface area contributed by atoms with Gasteiger partial charge in [0.05, 0.1) is 10.6 Å². The molecule has 1 heterocycles. The first-order valence-corrected chi connectivity index (χ1v) is 5.99. The number of H-pyrrole nitrogens is 1. The number of aromatic nitrogens is 2. The van der Waals surface area contributed by atoms with Crippen LogP contribution >= 0.6 is 27.7 Å². The Morgan fingerprint density at radius 1 is 1.38 bits per heavy atom. The summed E-state index contributed by atoms with van der Waals surface area (Å²) < 4.78 is 0.998. The molecule has 0 saturated carbocycles. The average molecular weight is 295 g/mol. The fourth-order valence-electron chi connectivity index (χ4n) is 1.31. The number of anilines is 1. The molecular formula is C10H7BrN4S. The quantitative estimate of drug-likeness (QED) is 0.659. The van der Waals surface area contributed by atoms with Crippen molar-refractivity contribution >= 4 is 33.5 Å². The summed E-state index contributed by atoms with van der Waals surface area (Å²) >= 11 is 4.37. The van der Waals surface area contributed by atoms with E-state index in [1.54, 1.807) is 0 Å². The van der Waals surface area contributed by atoms with Crippen LogP contribution in [0.15, 0.2) is 33.6 Å². The zero-order valence-electron chi connectivity index (χ0n) is 8.07. The van der Waals surface area contributed by atoms with Crippen molar-refractivity contribution < 1.29 is 0 Å². The SMILES string of the molecule is N#CSc1c(N)n[nH]c1-c1ccc(Br)cc1. The van der Waals surface area contributed by atoms with E-state index in [0.717, 1.165) is 27.5 Å². The smallest absolute Gasteiger partial charge is 0.160 e. The number of aromatic amines is 1. The summed E-state index contributed by atoms with van der Waals surface area (Å²) in [6.07, 6.45) is 0. The van der Waals surface area contributed by atoms with Gasteiger partial charge in [-0.05, 0) is 23.9 Å². The highest BCUT2D eigenvalue weighted by molar-refractivity contribution is 9.10. The fraction of sp³-hybridized carbons (Fsp3) is 0. The number of hydrogen-bond acceptors (Lipinski definition) is 4. The lowest BCUT2D eigenvalue weighted by atomic mass is 10.1. The van der Waals surface area contributed by atoms with Crippen LogP contribution in [-0.4, -0.2) is 10.2 Å². The molecule has 0 saturated heterocycles. The van der Waals surface area contributed by atoms with Crippen molar-refractivity contribution in [2.75, 3.05) is 5.73 Å². The van der Waals surface area contributed by atoms with Crippen LogP contribution in [-0.2, 0) is 0 Å². The van der Waals surface area contributed by atoms with Crippen LogP contribution in [0.5, 0.6) is 0 Å². The first-order valence-electron chi connectivity index (χ1n) is 4.38. The molecule has 80 valence electrons. The molecule has 0 aliphatic carbocycles. The van der Waals surface area contributed by atoms with E-state index in [4.69, 9.17) is 11.0 Å². The summed E-state index contributed by atoms with van der Waals surface area (Å²) in [6, 6.07) is 7.71. The van der Waals surface area contributed by atoms with Gasteiger partial charge in [-0.15, -0.1) is 0 Å². The maximum absolute atomic E-state index is 8.69. The lowest BCUT2D eigenvalue weighted by Crippen LogP contribution is -1.85. The number of nitrogens with one attached hydrogen (secondary N) is 1. The van der Waals surface area contributed by atoms with Crippen molar-refractivity contribution in [2.24, 2.45) is 0 Å². The average Bonchev–Trinajstić information content (AvgIpc) is 2.63. The van der Waals surface area contributed by atoms with E-state index in [9.17, 15) is 0 Å². The van der Waals surface area contributed by atoms with Gasteiger partial charge in [0.25, 0.3) is 0 Å². The minimum atomic E-state index is 0.351. The molecule has 0 amide bonds. The van der Waals surface area contributed by atoms with Crippen LogP contribution in [0.1, 0.15) is 0 Å². The standard InChI is InChI=1S/C10H7BrN4S/c11-7-3-1-6(2-4-7)8-9(16-5-12)10(13)15-14-8/h1-4H,(H3,13,14,15). The number of nitrogens with two attached hydrogens (primary N) is 1. The first kappa shape index (κ1) is 11.0. The Bertz CT molecular complexity index is 541. The zero-order chi connectivity index (χ0) is 11.5. The summed E-state index contributed by atoms with van der Waals surface area (Å²) in [7, 11) is 0. The maximum Gasteiger partial charge on any atom is 0.160 e. The largest absolute Gasteiger partial charge is 0.381 e. The topological polar surface area (TPSA) is 78.5 Å². The molecule has 0 aliphatic rings. The Morgan fingerprint density at radius 3 is 2.69 bits per heavy atom. The van der Waals surface area contributed by atoms with Crippen LogP contribution in [0.25, 0.3) is 11.3 Å². The van der Waals surface area contributed by atoms with E-state index in [1.807, 2.05) is 29.7 Å². The number of nitrogen functional groups attached to an aromatic ring is 1. The third-order valence-corrected chi connectivity index (χ3v) is 3.27. The van der Waals surface area contributed by atoms with Crippen LogP contribution in [0.3, 0.4) is 0 Å². The second-order valence-corrected chi connectivity index (χ2v) is 4.72. The molecule has 0 radical (unpaired) electrons. The molecule has 0 aliphatic heterocycles. The third kappa shape index (κ3) is 2.05. The van der Waals surface area contributed by atoms with Crippen LogP contribution in [0.4, 0.5) is 5.82 Å². The van der Waals surface area contributed by atoms with Gasteiger partial charge in [-0.25, -0.2) is 0 Å². The van der Waals surface area contributed by atoms with Crippen LogP contribution < -0.4 is 5.73 Å². The first-order chi connectivity index (χ1) is 7.72. The van der Waals surface area contributed by atoms with Gasteiger partial charge >= 0.3 is 0 Å². The molecular weight excluding hydrogens is 288 g/mol. The van der Waals surface area contributed by atoms with Gasteiger partial charge in [-0.3, -0.25) is 5.10 Å². The van der Waals surface area contributed by atoms with E-state index in [-0.39, 0.29) is 0 Å². The van der Waals surface area contributed by atoms with E-state index in [0.29, 0.717) is 10.7 Å². The minimum Gasteiger partial charge on any atom is -0.381 e. The van der Waals surface area contributed by atoms with Gasteiger partial charge in [-0.1, -0.05) is 28.1 Å². The van der Waals surface area contributed by atoms with E-state index in [1.165, 1.54) is 0 Å². The van der Waals surface area contributed by atoms with Gasteiger partial charge in [0, 0.05) is 10.0 Å². The maximum atomic E-state index is 8.69. The fourth-order valence-corrected chi connectivity index (χ4v) is 2.08. The second-order valence-electron chi connectivity index (χ2n) is 3.01. The van der Waals surface area contributed by atoms with Crippen molar-refractivity contribution in [2.45, 2.75) is 4.90 Å². The van der Waals surface area contributed by atoms with E-state index < -0.39 is 0 Å². The molecule has 2 rings (SSSR count). The summed E-state index contributed by atoms with van der Waals surface area (Å²) in [5.41, 5.74) is 7.39. The number of rotatable bonds is 2. The van der Waals surface area contributed by atoms with Crippen molar-refractivity contribution in [3.63, 3.8) is 0 Å². The second kappa shape index (κ2) is 4.60. The summed E-state index contributed by atoms with van der Waals surface area (Å²) in [6.45, 7) is 0. The molecule has 16 heavy (non-hydrogen) atoms. The van der Waals surface area contributed by atoms with Crippen molar-refractivity contribution in [1.82, 2.24) is 10.2 Å². The lowest BCUT2D eigenvalue weighted by molar-refractivity contribution is 1.10. The van der Waals surface area contributed by atoms with Crippen molar-refractivity contribution in [3.05, 3.63) is 28.7 Å². The number of nitrogens with zero attached hydrogens (tertiary/aromatic N) is 2. The molecule has 0 fully saturated rings. The molecule has 3 N–H and O–H groups in total. The van der Waals surface area contributed by atoms with E-state index >= 15 is 0 Å². The van der Waals surface area contributed by atoms with Gasteiger partial charge in [0.2, 0.25) is 0 Å². The monoisotopic (exact) mass is 294 g/mol. The highest BCUT2D eigenvalue weighted by Crippen LogP contribution is 2.33. The number of halogens is 1. The molecule has 0 atom stereocenters. The molecule has 0 bridgehead atoms. The Hall–Kier alpha value is -1.45. The molecule has 0 spiro atoms. The van der Waals surface area contributed by atoms with Crippen LogP contribution in [0.2, 0.25) is 0 Å². The van der Waals surface area contributed by atoms with Crippen molar-refractivity contribution in [3.8, 4) is 16.7 Å². The van der Waals surface area contributed by atoms with Gasteiger partial charge in [0.1, 0.15) is 5.40 Å². The van der Waals surface area contributed by atoms with Gasteiger partial charge in [-0.2, -0.15) is 10.4 Å². The van der Waals surface area contributed by atoms with Gasteiger partial charge < -0.3 is 5.73 Å². The Morgan fingerprint density at radius 2 is 2.06 bits per heavy atom. The zero-order valence-corrected chi connectivity index (χ0v) is 10.5. The summed E-state index contributed by atoms with van der Waals surface area (Å²) in [5, 5.41) is 17.4. The Kier molecular flexibility index (Phi) is 3.17. The molecule has 0 unspecified atom stereocenters. The highest BCUT2D eigenvalue weighted by atomic mass is 79.9. The Labute approximate surface area is 105 Å². The highest BCUT2D eigenvalue weighted by Gasteiger charge is 2.12. The molecule has 1 aromatic heterocycles. The third-order valence-electron chi connectivity index (χ3n) is 2.03. The predicted molar refractivity (Wildman–Crippen MR) is 67.6 cm³/mol. The predicted octanol–water partition coefficient (Wildman–Crippen LogP) is 2.99. The van der Waals surface area contributed by atoms with Crippen molar-refractivity contribution in [1.29, 1.82) is 5.26 Å². The Balaban J connectivity index is 2.48. The number of thioether (sulfide) groups is 1. The normalized spacial score (nSPS) is 10.0. The number of benzene rings is 1. The van der Waals surface area contributed by atoms with E-state index in [2.05, 4.69) is 26.1 Å². The number of nitriles is 1.